The van der Waals surface area contributed by atoms with E-state index < -0.39 is 12.0 Å². The summed E-state index contributed by atoms with van der Waals surface area (Å²) in [6.07, 6.45) is 0.363. The van der Waals surface area contributed by atoms with Gasteiger partial charge in [0, 0.05) is 6.42 Å². The third-order valence-electron chi connectivity index (χ3n) is 5.07. The van der Waals surface area contributed by atoms with E-state index in [4.69, 9.17) is 4.74 Å². The Kier molecular flexibility index (Phi) is 5.25. The van der Waals surface area contributed by atoms with Crippen molar-refractivity contribution in [2.75, 3.05) is 7.11 Å². The molecule has 29 heavy (non-hydrogen) atoms. The van der Waals surface area contributed by atoms with Crippen molar-refractivity contribution in [2.45, 2.75) is 12.5 Å². The largest absolute Gasteiger partial charge is 0.467 e. The summed E-state index contributed by atoms with van der Waals surface area (Å²) >= 11 is 0. The molecule has 4 heteroatoms. The molecule has 0 aliphatic heterocycles. The maximum Gasteiger partial charge on any atom is 0.328 e. The van der Waals surface area contributed by atoms with Crippen LogP contribution >= 0.6 is 0 Å². The molecule has 0 aromatic heterocycles. The Morgan fingerprint density at radius 2 is 1.38 bits per heavy atom. The van der Waals surface area contributed by atoms with Crippen LogP contribution in [0.25, 0.3) is 21.5 Å². The first-order valence-corrected chi connectivity index (χ1v) is 9.50. The Hall–Kier alpha value is -3.66. The summed E-state index contributed by atoms with van der Waals surface area (Å²) in [6, 6.07) is 26.4. The van der Waals surface area contributed by atoms with Crippen LogP contribution in [0.5, 0.6) is 0 Å². The van der Waals surface area contributed by atoms with Gasteiger partial charge in [-0.1, -0.05) is 78.9 Å². The van der Waals surface area contributed by atoms with Crippen LogP contribution in [0.2, 0.25) is 0 Å². The van der Waals surface area contributed by atoms with Crippen molar-refractivity contribution in [3.8, 4) is 0 Å². The van der Waals surface area contributed by atoms with Gasteiger partial charge in [-0.25, -0.2) is 4.79 Å². The molecule has 1 atom stereocenters. The van der Waals surface area contributed by atoms with E-state index in [0.717, 1.165) is 27.1 Å². The predicted octanol–water partition coefficient (Wildman–Crippen LogP) is 4.51. The summed E-state index contributed by atoms with van der Waals surface area (Å²) in [6.45, 7) is 0. The summed E-state index contributed by atoms with van der Waals surface area (Å²) in [7, 11) is 1.33. The molecule has 0 bridgehead atoms. The van der Waals surface area contributed by atoms with E-state index in [9.17, 15) is 9.59 Å². The third kappa shape index (κ3) is 3.83. The average molecular weight is 383 g/mol. The van der Waals surface area contributed by atoms with E-state index in [1.807, 2.05) is 78.9 Å². The molecular weight excluding hydrogens is 362 g/mol. The molecular formula is C25H21NO3. The zero-order valence-electron chi connectivity index (χ0n) is 16.1. The summed E-state index contributed by atoms with van der Waals surface area (Å²) in [4.78, 5) is 25.7. The van der Waals surface area contributed by atoms with Crippen molar-refractivity contribution in [3.05, 3.63) is 96.1 Å². The van der Waals surface area contributed by atoms with Crippen molar-refractivity contribution < 1.29 is 14.3 Å². The number of rotatable bonds is 5. The smallest absolute Gasteiger partial charge is 0.328 e. The van der Waals surface area contributed by atoms with Crippen molar-refractivity contribution in [2.24, 2.45) is 0 Å². The van der Waals surface area contributed by atoms with Crippen LogP contribution in [0.1, 0.15) is 15.9 Å². The Balaban J connectivity index is 1.75. The monoisotopic (exact) mass is 383 g/mol. The number of benzene rings is 4. The van der Waals surface area contributed by atoms with Crippen LogP contribution in [0.3, 0.4) is 0 Å². The highest BCUT2D eigenvalue weighted by Crippen LogP contribution is 2.28. The van der Waals surface area contributed by atoms with Gasteiger partial charge in [0.15, 0.2) is 0 Å². The molecule has 144 valence electrons. The van der Waals surface area contributed by atoms with Crippen LogP contribution in [-0.2, 0) is 16.0 Å². The summed E-state index contributed by atoms with van der Waals surface area (Å²) in [5, 5.41) is 6.57. The van der Waals surface area contributed by atoms with Crippen LogP contribution in [0.4, 0.5) is 0 Å². The Morgan fingerprint density at radius 3 is 1.97 bits per heavy atom. The van der Waals surface area contributed by atoms with E-state index in [1.54, 1.807) is 0 Å². The average Bonchev–Trinajstić information content (AvgIpc) is 2.77. The fraction of sp³-hybridized carbons (Fsp3) is 0.120. The van der Waals surface area contributed by atoms with Gasteiger partial charge in [-0.3, -0.25) is 4.79 Å². The third-order valence-corrected chi connectivity index (χ3v) is 5.07. The molecule has 0 saturated heterocycles. The van der Waals surface area contributed by atoms with E-state index in [0.29, 0.717) is 12.0 Å². The van der Waals surface area contributed by atoms with Gasteiger partial charge in [0.2, 0.25) is 0 Å². The summed E-state index contributed by atoms with van der Waals surface area (Å²) < 4.78 is 4.94. The zero-order valence-corrected chi connectivity index (χ0v) is 16.1. The maximum atomic E-state index is 13.4. The van der Waals surface area contributed by atoms with Gasteiger partial charge in [0.25, 0.3) is 5.91 Å². The van der Waals surface area contributed by atoms with E-state index in [2.05, 4.69) is 11.4 Å². The first-order chi connectivity index (χ1) is 14.2. The number of nitrogens with one attached hydrogen (secondary N) is 1. The molecule has 4 aromatic carbocycles. The van der Waals surface area contributed by atoms with Crippen molar-refractivity contribution in [1.82, 2.24) is 5.32 Å². The van der Waals surface area contributed by atoms with Crippen molar-refractivity contribution >= 4 is 33.4 Å². The van der Waals surface area contributed by atoms with E-state index >= 15 is 0 Å². The van der Waals surface area contributed by atoms with E-state index in [1.165, 1.54) is 7.11 Å². The lowest BCUT2D eigenvalue weighted by molar-refractivity contribution is -0.142. The molecule has 0 fully saturated rings. The molecule has 4 nitrogen and oxygen atoms in total. The Labute approximate surface area is 169 Å². The van der Waals surface area contributed by atoms with Crippen LogP contribution < -0.4 is 5.32 Å². The Morgan fingerprint density at radius 1 is 0.828 bits per heavy atom. The summed E-state index contributed by atoms with van der Waals surface area (Å²) in [5.41, 5.74) is 1.52. The SMILES string of the molecule is COC(=O)[C@H](Cc1ccccc1)NC(=O)c1c2ccccc2cc2ccccc12. The molecule has 0 aliphatic carbocycles. The highest BCUT2D eigenvalue weighted by molar-refractivity contribution is 6.18. The normalized spacial score (nSPS) is 11.9. The lowest BCUT2D eigenvalue weighted by Crippen LogP contribution is -2.43. The minimum atomic E-state index is -0.771. The van der Waals surface area contributed by atoms with Gasteiger partial charge < -0.3 is 10.1 Å². The molecule has 0 heterocycles. The molecule has 4 aromatic rings. The van der Waals surface area contributed by atoms with E-state index in [-0.39, 0.29) is 5.91 Å². The zero-order chi connectivity index (χ0) is 20.2. The van der Waals surface area contributed by atoms with Gasteiger partial charge in [0.1, 0.15) is 6.04 Å². The Bertz CT molecular complexity index is 1130. The number of carbonyl (C=O) groups excluding carboxylic acids is 2. The highest BCUT2D eigenvalue weighted by Gasteiger charge is 2.24. The lowest BCUT2D eigenvalue weighted by atomic mass is 9.96. The number of hydrogen-bond acceptors (Lipinski definition) is 3. The molecule has 0 aliphatic rings. The molecule has 0 unspecified atom stereocenters. The number of fused-ring (bicyclic) bond motifs is 2. The predicted molar refractivity (Wildman–Crippen MR) is 115 cm³/mol. The number of ether oxygens (including phenoxy) is 1. The second-order valence-corrected chi connectivity index (χ2v) is 6.93. The fourth-order valence-electron chi connectivity index (χ4n) is 3.67. The quantitative estimate of drug-likeness (QED) is 0.408. The fourth-order valence-corrected chi connectivity index (χ4v) is 3.67. The lowest BCUT2D eigenvalue weighted by Gasteiger charge is -2.18. The van der Waals surface area contributed by atoms with Crippen LogP contribution in [-0.4, -0.2) is 25.0 Å². The summed E-state index contributed by atoms with van der Waals surface area (Å²) in [5.74, 6) is -0.754. The van der Waals surface area contributed by atoms with Crippen molar-refractivity contribution in [1.29, 1.82) is 0 Å². The number of methoxy groups -OCH3 is 1. The maximum absolute atomic E-state index is 13.4. The first-order valence-electron chi connectivity index (χ1n) is 9.50. The van der Waals surface area contributed by atoms with Crippen LogP contribution in [0, 0.1) is 0 Å². The highest BCUT2D eigenvalue weighted by atomic mass is 16.5. The molecule has 1 N–H and O–H groups in total. The molecule has 0 radical (unpaired) electrons. The van der Waals surface area contributed by atoms with Gasteiger partial charge in [-0.05, 0) is 33.2 Å². The minimum Gasteiger partial charge on any atom is -0.467 e. The number of carbonyl (C=O) groups is 2. The number of amides is 1. The first kappa shape index (κ1) is 18.7. The van der Waals surface area contributed by atoms with Gasteiger partial charge >= 0.3 is 5.97 Å². The number of hydrogen-bond donors (Lipinski definition) is 1. The molecule has 0 saturated carbocycles. The second kappa shape index (κ2) is 8.15. The molecule has 1 amide bonds. The van der Waals surface area contributed by atoms with Crippen LogP contribution in [0.15, 0.2) is 84.9 Å². The number of esters is 1. The molecule has 0 spiro atoms. The molecule has 4 rings (SSSR count). The van der Waals surface area contributed by atoms with Crippen molar-refractivity contribution in [3.63, 3.8) is 0 Å². The van der Waals surface area contributed by atoms with Gasteiger partial charge in [0.05, 0.1) is 12.7 Å². The second-order valence-electron chi connectivity index (χ2n) is 6.93. The minimum absolute atomic E-state index is 0.288. The topological polar surface area (TPSA) is 55.4 Å². The van der Waals surface area contributed by atoms with Gasteiger partial charge in [-0.2, -0.15) is 0 Å². The standard InChI is InChI=1S/C25H21NO3/c1-29-25(28)22(15-17-9-3-2-4-10-17)26-24(27)23-20-13-7-5-11-18(20)16-19-12-6-8-14-21(19)23/h2-14,16,22H,15H2,1H3,(H,26,27)/t22-/m0/s1. The van der Waals surface area contributed by atoms with Gasteiger partial charge in [-0.15, -0.1) is 0 Å².